The molecule has 2 N–H and O–H groups in total. The van der Waals surface area contributed by atoms with Crippen molar-refractivity contribution in [3.63, 3.8) is 0 Å². The average molecular weight is 375 g/mol. The number of hydrogen-bond acceptors (Lipinski definition) is 3. The molecule has 138 valence electrons. The van der Waals surface area contributed by atoms with E-state index in [2.05, 4.69) is 10.6 Å². The Bertz CT molecular complexity index is 777. The fourth-order valence-electron chi connectivity index (χ4n) is 2.53. The Morgan fingerprint density at radius 2 is 1.85 bits per heavy atom. The maximum atomic E-state index is 12.5. The van der Waals surface area contributed by atoms with Gasteiger partial charge in [0, 0.05) is 11.9 Å². The van der Waals surface area contributed by atoms with Crippen LogP contribution in [0.3, 0.4) is 0 Å². The molecule has 0 saturated heterocycles. The third-order valence-corrected chi connectivity index (χ3v) is 3.78. The predicted octanol–water partition coefficient (Wildman–Crippen LogP) is 4.33. The molecule has 5 nitrogen and oxygen atoms in total. The molecule has 2 amide bonds. The number of carbonyl (C=O) groups excluding carboxylic acids is 2. The van der Waals surface area contributed by atoms with Gasteiger partial charge >= 0.3 is 0 Å². The summed E-state index contributed by atoms with van der Waals surface area (Å²) in [4.78, 5) is 24.1. The van der Waals surface area contributed by atoms with Gasteiger partial charge in [0.25, 0.3) is 0 Å². The van der Waals surface area contributed by atoms with Crippen LogP contribution in [0.5, 0.6) is 5.75 Å². The van der Waals surface area contributed by atoms with E-state index >= 15 is 0 Å². The van der Waals surface area contributed by atoms with E-state index in [0.717, 1.165) is 5.56 Å². The Labute approximate surface area is 158 Å². The van der Waals surface area contributed by atoms with Crippen molar-refractivity contribution in [2.45, 2.75) is 39.3 Å². The van der Waals surface area contributed by atoms with Crippen LogP contribution in [0, 0.1) is 0 Å². The number of benzene rings is 2. The van der Waals surface area contributed by atoms with E-state index in [9.17, 15) is 9.59 Å². The van der Waals surface area contributed by atoms with Gasteiger partial charge in [-0.1, -0.05) is 35.9 Å². The van der Waals surface area contributed by atoms with Crippen molar-refractivity contribution in [3.05, 3.63) is 59.1 Å². The third kappa shape index (κ3) is 6.08. The van der Waals surface area contributed by atoms with Crippen molar-refractivity contribution in [2.75, 3.05) is 5.32 Å². The van der Waals surface area contributed by atoms with E-state index in [0.29, 0.717) is 16.5 Å². The summed E-state index contributed by atoms with van der Waals surface area (Å²) < 4.78 is 5.71. The third-order valence-electron chi connectivity index (χ3n) is 3.54. The smallest absolute Gasteiger partial charge is 0.226 e. The zero-order valence-electron chi connectivity index (χ0n) is 15.1. The van der Waals surface area contributed by atoms with Crippen LogP contribution in [0.4, 0.5) is 5.69 Å². The number of anilines is 1. The summed E-state index contributed by atoms with van der Waals surface area (Å²) in [5.41, 5.74) is 1.37. The molecule has 0 fully saturated rings. The molecular formula is C20H23ClN2O3. The number of rotatable bonds is 7. The highest BCUT2D eigenvalue weighted by Crippen LogP contribution is 2.26. The molecule has 0 bridgehead atoms. The van der Waals surface area contributed by atoms with Crippen LogP contribution in [0.15, 0.2) is 48.5 Å². The van der Waals surface area contributed by atoms with E-state index in [-0.39, 0.29) is 24.3 Å². The van der Waals surface area contributed by atoms with Gasteiger partial charge in [0.1, 0.15) is 5.75 Å². The monoisotopic (exact) mass is 374 g/mol. The van der Waals surface area contributed by atoms with Gasteiger partial charge < -0.3 is 15.4 Å². The summed E-state index contributed by atoms with van der Waals surface area (Å²) in [6.45, 7) is 5.26. The summed E-state index contributed by atoms with van der Waals surface area (Å²) in [6.07, 6.45) is 0.0716. The zero-order chi connectivity index (χ0) is 19.1. The molecule has 0 saturated carbocycles. The van der Waals surface area contributed by atoms with Gasteiger partial charge in [-0.3, -0.25) is 9.59 Å². The molecule has 6 heteroatoms. The Balaban J connectivity index is 2.14. The topological polar surface area (TPSA) is 67.4 Å². The molecule has 1 atom stereocenters. The van der Waals surface area contributed by atoms with Gasteiger partial charge in [-0.05, 0) is 43.7 Å². The standard InChI is InChI=1S/C20H23ClN2O3/c1-13(2)26-19-10-5-4-9-17(19)23-20(25)12-18(22-14(3)24)15-7-6-8-16(21)11-15/h4-11,13,18H,12H2,1-3H3,(H,22,24)(H,23,25). The normalized spacial score (nSPS) is 11.7. The fraction of sp³-hybridized carbons (Fsp3) is 0.300. The van der Waals surface area contributed by atoms with Crippen molar-refractivity contribution >= 4 is 29.1 Å². The molecular weight excluding hydrogens is 352 g/mol. The molecule has 1 unspecified atom stereocenters. The molecule has 2 aromatic rings. The molecule has 2 rings (SSSR count). The van der Waals surface area contributed by atoms with Crippen molar-refractivity contribution in [1.29, 1.82) is 0 Å². The van der Waals surface area contributed by atoms with E-state index in [4.69, 9.17) is 16.3 Å². The average Bonchev–Trinajstić information content (AvgIpc) is 2.55. The summed E-state index contributed by atoms with van der Waals surface area (Å²) >= 11 is 6.03. The van der Waals surface area contributed by atoms with E-state index in [1.807, 2.05) is 32.0 Å². The number of hydrogen-bond donors (Lipinski definition) is 2. The molecule has 2 aromatic carbocycles. The largest absolute Gasteiger partial charge is 0.489 e. The summed E-state index contributed by atoms with van der Waals surface area (Å²) in [5, 5.41) is 6.20. The van der Waals surface area contributed by atoms with Gasteiger partial charge in [0.15, 0.2) is 0 Å². The molecule has 0 aliphatic heterocycles. The summed E-state index contributed by atoms with van der Waals surface area (Å²) in [5.74, 6) is 0.157. The van der Waals surface area contributed by atoms with E-state index < -0.39 is 6.04 Å². The maximum Gasteiger partial charge on any atom is 0.226 e. The Hall–Kier alpha value is -2.53. The lowest BCUT2D eigenvalue weighted by Gasteiger charge is -2.19. The first-order chi connectivity index (χ1) is 12.3. The molecule has 0 aromatic heterocycles. The second-order valence-electron chi connectivity index (χ2n) is 6.22. The second-order valence-corrected chi connectivity index (χ2v) is 6.66. The molecule has 0 aliphatic carbocycles. The first-order valence-corrected chi connectivity index (χ1v) is 8.81. The lowest BCUT2D eigenvalue weighted by molar-refractivity contribution is -0.120. The Morgan fingerprint density at radius 1 is 1.12 bits per heavy atom. The first kappa shape index (κ1) is 19.8. The predicted molar refractivity (Wildman–Crippen MR) is 103 cm³/mol. The number of ether oxygens (including phenoxy) is 1. The molecule has 0 spiro atoms. The van der Waals surface area contributed by atoms with Crippen LogP contribution in [0.1, 0.15) is 38.8 Å². The summed E-state index contributed by atoms with van der Waals surface area (Å²) in [7, 11) is 0. The van der Waals surface area contributed by atoms with Gasteiger partial charge in [0.05, 0.1) is 24.3 Å². The van der Waals surface area contributed by atoms with Crippen LogP contribution in [-0.2, 0) is 9.59 Å². The van der Waals surface area contributed by atoms with E-state index in [1.54, 1.807) is 30.3 Å². The van der Waals surface area contributed by atoms with Gasteiger partial charge in [0.2, 0.25) is 11.8 Å². The number of carbonyl (C=O) groups is 2. The lowest BCUT2D eigenvalue weighted by Crippen LogP contribution is -2.29. The Kier molecular flexibility index (Phi) is 7.04. The summed E-state index contributed by atoms with van der Waals surface area (Å²) in [6, 6.07) is 13.9. The zero-order valence-corrected chi connectivity index (χ0v) is 15.8. The highest BCUT2D eigenvalue weighted by atomic mass is 35.5. The van der Waals surface area contributed by atoms with Crippen molar-refractivity contribution in [3.8, 4) is 5.75 Å². The quantitative estimate of drug-likeness (QED) is 0.757. The molecule has 26 heavy (non-hydrogen) atoms. The molecule has 0 radical (unpaired) electrons. The van der Waals surface area contributed by atoms with Crippen LogP contribution < -0.4 is 15.4 Å². The molecule has 0 aliphatic rings. The number of amides is 2. The fourth-order valence-corrected chi connectivity index (χ4v) is 2.73. The minimum absolute atomic E-state index is 0.00774. The second kappa shape index (κ2) is 9.25. The first-order valence-electron chi connectivity index (χ1n) is 8.43. The van der Waals surface area contributed by atoms with Gasteiger partial charge in [-0.15, -0.1) is 0 Å². The van der Waals surface area contributed by atoms with Crippen molar-refractivity contribution in [2.24, 2.45) is 0 Å². The SMILES string of the molecule is CC(=O)NC(CC(=O)Nc1ccccc1OC(C)C)c1cccc(Cl)c1. The van der Waals surface area contributed by atoms with Crippen LogP contribution >= 0.6 is 11.6 Å². The Morgan fingerprint density at radius 3 is 2.50 bits per heavy atom. The number of para-hydroxylation sites is 2. The maximum absolute atomic E-state index is 12.5. The minimum Gasteiger partial charge on any atom is -0.489 e. The highest BCUT2D eigenvalue weighted by molar-refractivity contribution is 6.30. The van der Waals surface area contributed by atoms with Crippen molar-refractivity contribution in [1.82, 2.24) is 5.32 Å². The van der Waals surface area contributed by atoms with Gasteiger partial charge in [-0.25, -0.2) is 0 Å². The number of nitrogens with one attached hydrogen (secondary N) is 2. The van der Waals surface area contributed by atoms with Crippen LogP contribution in [-0.4, -0.2) is 17.9 Å². The molecule has 0 heterocycles. The van der Waals surface area contributed by atoms with Gasteiger partial charge in [-0.2, -0.15) is 0 Å². The van der Waals surface area contributed by atoms with Crippen LogP contribution in [0.2, 0.25) is 5.02 Å². The lowest BCUT2D eigenvalue weighted by atomic mass is 10.0. The highest BCUT2D eigenvalue weighted by Gasteiger charge is 2.18. The minimum atomic E-state index is -0.468. The number of halogens is 1. The van der Waals surface area contributed by atoms with E-state index in [1.165, 1.54) is 6.92 Å². The van der Waals surface area contributed by atoms with Crippen LogP contribution in [0.25, 0.3) is 0 Å². The van der Waals surface area contributed by atoms with Crippen molar-refractivity contribution < 1.29 is 14.3 Å².